The summed E-state index contributed by atoms with van der Waals surface area (Å²) < 4.78 is 31.6. The van der Waals surface area contributed by atoms with Gasteiger partial charge < -0.3 is 5.32 Å². The molecule has 4 aromatic carbocycles. The van der Waals surface area contributed by atoms with E-state index in [1.165, 1.54) is 16.8 Å². The van der Waals surface area contributed by atoms with Gasteiger partial charge in [-0.1, -0.05) is 72.8 Å². The molecule has 0 saturated heterocycles. The van der Waals surface area contributed by atoms with Crippen LogP contribution in [0.25, 0.3) is 16.5 Å². The standard InChI is InChI=1S/C29H26N4O4S/c1-21-28(29(35)33(31(21)2)23-14-5-3-6-15-23)32(38(36,37)24-16-7-4-8-17-24)20-27(34)30-26-19-11-13-22-12-9-10-18-25(22)26/h3-19H,20H2,1-2H3,(H,30,34). The largest absolute Gasteiger partial charge is 0.324 e. The number of amides is 1. The Hall–Kier alpha value is -4.63. The van der Waals surface area contributed by atoms with Crippen LogP contribution in [0.3, 0.4) is 0 Å². The minimum absolute atomic E-state index is 0.0214. The second-order valence-corrected chi connectivity index (χ2v) is 10.7. The number of anilines is 2. The van der Waals surface area contributed by atoms with Crippen molar-refractivity contribution in [2.24, 2.45) is 7.05 Å². The number of nitrogens with zero attached hydrogens (tertiary/aromatic N) is 3. The molecule has 0 aliphatic carbocycles. The van der Waals surface area contributed by atoms with Gasteiger partial charge in [0.25, 0.3) is 15.6 Å². The van der Waals surface area contributed by atoms with E-state index in [-0.39, 0.29) is 10.6 Å². The number of para-hydroxylation sites is 1. The van der Waals surface area contributed by atoms with E-state index in [0.29, 0.717) is 17.1 Å². The van der Waals surface area contributed by atoms with Crippen LogP contribution in [0.5, 0.6) is 0 Å². The van der Waals surface area contributed by atoms with Crippen LogP contribution in [0.2, 0.25) is 0 Å². The van der Waals surface area contributed by atoms with Gasteiger partial charge >= 0.3 is 0 Å². The summed E-state index contributed by atoms with van der Waals surface area (Å²) >= 11 is 0. The van der Waals surface area contributed by atoms with Gasteiger partial charge in [0.05, 0.1) is 16.3 Å². The van der Waals surface area contributed by atoms with Gasteiger partial charge in [-0.3, -0.25) is 14.3 Å². The summed E-state index contributed by atoms with van der Waals surface area (Å²) in [6.45, 7) is 1.07. The van der Waals surface area contributed by atoms with E-state index >= 15 is 0 Å². The highest BCUT2D eigenvalue weighted by Crippen LogP contribution is 2.27. The van der Waals surface area contributed by atoms with E-state index in [4.69, 9.17) is 0 Å². The van der Waals surface area contributed by atoms with Gasteiger partial charge in [-0.2, -0.15) is 0 Å². The van der Waals surface area contributed by atoms with Crippen LogP contribution in [0, 0.1) is 6.92 Å². The van der Waals surface area contributed by atoms with Crippen LogP contribution in [0.4, 0.5) is 11.4 Å². The molecule has 192 valence electrons. The van der Waals surface area contributed by atoms with E-state index < -0.39 is 28.0 Å². The molecule has 5 rings (SSSR count). The Morgan fingerprint density at radius 1 is 0.842 bits per heavy atom. The molecule has 1 N–H and O–H groups in total. The lowest BCUT2D eigenvalue weighted by molar-refractivity contribution is -0.114. The first-order valence-corrected chi connectivity index (χ1v) is 13.4. The first kappa shape index (κ1) is 25.0. The summed E-state index contributed by atoms with van der Waals surface area (Å²) in [7, 11) is -2.59. The molecule has 0 unspecified atom stereocenters. The van der Waals surface area contributed by atoms with Crippen LogP contribution in [0.15, 0.2) is 113 Å². The van der Waals surface area contributed by atoms with Crippen molar-refractivity contribution in [3.05, 3.63) is 119 Å². The molecule has 0 bridgehead atoms. The fourth-order valence-corrected chi connectivity index (χ4v) is 5.99. The van der Waals surface area contributed by atoms with E-state index in [9.17, 15) is 18.0 Å². The predicted molar refractivity (Wildman–Crippen MR) is 149 cm³/mol. The highest BCUT2D eigenvalue weighted by Gasteiger charge is 2.33. The van der Waals surface area contributed by atoms with Gasteiger partial charge in [0, 0.05) is 18.1 Å². The Morgan fingerprint density at radius 2 is 1.45 bits per heavy atom. The number of hydrogen-bond acceptors (Lipinski definition) is 4. The number of sulfonamides is 1. The summed E-state index contributed by atoms with van der Waals surface area (Å²) in [6.07, 6.45) is 0. The lowest BCUT2D eigenvalue weighted by Gasteiger charge is -2.23. The zero-order chi connectivity index (χ0) is 26.9. The van der Waals surface area contributed by atoms with Crippen molar-refractivity contribution in [3.63, 3.8) is 0 Å². The third kappa shape index (κ3) is 4.48. The first-order valence-electron chi connectivity index (χ1n) is 12.0. The highest BCUT2D eigenvalue weighted by atomic mass is 32.2. The third-order valence-corrected chi connectivity index (χ3v) is 8.22. The van der Waals surface area contributed by atoms with Gasteiger partial charge in [0.15, 0.2) is 0 Å². The van der Waals surface area contributed by atoms with Crippen LogP contribution in [0.1, 0.15) is 5.69 Å². The van der Waals surface area contributed by atoms with Crippen LogP contribution in [-0.2, 0) is 21.9 Å². The lowest BCUT2D eigenvalue weighted by Crippen LogP contribution is -2.41. The molecule has 0 aliphatic heterocycles. The summed E-state index contributed by atoms with van der Waals surface area (Å²) in [5.41, 5.74) is 0.890. The summed E-state index contributed by atoms with van der Waals surface area (Å²) in [5, 5.41) is 4.60. The SMILES string of the molecule is Cc1c(N(CC(=O)Nc2cccc3ccccc23)S(=O)(=O)c2ccccc2)c(=O)n(-c2ccccc2)n1C. The Kier molecular flexibility index (Phi) is 6.61. The van der Waals surface area contributed by atoms with Crippen LogP contribution >= 0.6 is 0 Å². The maximum atomic E-state index is 13.9. The zero-order valence-corrected chi connectivity index (χ0v) is 21.7. The van der Waals surface area contributed by atoms with Gasteiger partial charge in [0.1, 0.15) is 12.2 Å². The number of aromatic nitrogens is 2. The van der Waals surface area contributed by atoms with Gasteiger partial charge in [0.2, 0.25) is 5.91 Å². The van der Waals surface area contributed by atoms with Crippen LogP contribution in [-0.4, -0.2) is 30.2 Å². The van der Waals surface area contributed by atoms with Crippen LogP contribution < -0.4 is 15.2 Å². The monoisotopic (exact) mass is 526 g/mol. The molecule has 0 atom stereocenters. The third-order valence-electron chi connectivity index (χ3n) is 6.46. The average molecular weight is 527 g/mol. The second-order valence-electron chi connectivity index (χ2n) is 8.81. The number of benzene rings is 4. The molecule has 0 fully saturated rings. The molecule has 8 nitrogen and oxygen atoms in total. The summed E-state index contributed by atoms with van der Waals surface area (Å²) in [5.74, 6) is -0.574. The molecule has 1 amide bonds. The number of fused-ring (bicyclic) bond motifs is 1. The number of carbonyl (C=O) groups excluding carboxylic acids is 1. The maximum Gasteiger partial charge on any atom is 0.296 e. The van der Waals surface area contributed by atoms with E-state index in [2.05, 4.69) is 5.32 Å². The molecule has 0 spiro atoms. The van der Waals surface area contributed by atoms with E-state index in [0.717, 1.165) is 15.1 Å². The molecule has 0 saturated carbocycles. The van der Waals surface area contributed by atoms with E-state index in [1.807, 2.05) is 42.5 Å². The number of carbonyl (C=O) groups is 1. The van der Waals surface area contributed by atoms with Crippen molar-refractivity contribution in [2.45, 2.75) is 11.8 Å². The van der Waals surface area contributed by atoms with Crippen molar-refractivity contribution in [3.8, 4) is 5.69 Å². The molecular weight excluding hydrogens is 500 g/mol. The van der Waals surface area contributed by atoms with Crippen molar-refractivity contribution in [1.29, 1.82) is 0 Å². The summed E-state index contributed by atoms with van der Waals surface area (Å²) in [4.78, 5) is 27.1. The first-order chi connectivity index (χ1) is 18.3. The number of hydrogen-bond donors (Lipinski definition) is 1. The molecule has 5 aromatic rings. The molecule has 0 radical (unpaired) electrons. The van der Waals surface area contributed by atoms with Crippen molar-refractivity contribution in [2.75, 3.05) is 16.2 Å². The van der Waals surface area contributed by atoms with Gasteiger partial charge in [-0.15, -0.1) is 0 Å². The zero-order valence-electron chi connectivity index (χ0n) is 20.9. The molecule has 38 heavy (non-hydrogen) atoms. The highest BCUT2D eigenvalue weighted by molar-refractivity contribution is 7.92. The van der Waals surface area contributed by atoms with Crippen molar-refractivity contribution in [1.82, 2.24) is 9.36 Å². The maximum absolute atomic E-state index is 13.9. The minimum atomic E-state index is -4.27. The number of nitrogens with one attached hydrogen (secondary N) is 1. The van der Waals surface area contributed by atoms with Gasteiger partial charge in [-0.25, -0.2) is 17.4 Å². The summed E-state index contributed by atoms with van der Waals surface area (Å²) in [6, 6.07) is 29.8. The molecule has 1 aromatic heterocycles. The molecular formula is C29H26N4O4S. The predicted octanol–water partition coefficient (Wildman–Crippen LogP) is 4.47. The van der Waals surface area contributed by atoms with Crippen molar-refractivity contribution < 1.29 is 13.2 Å². The molecule has 9 heteroatoms. The Morgan fingerprint density at radius 3 is 2.16 bits per heavy atom. The topological polar surface area (TPSA) is 93.4 Å². The average Bonchev–Trinajstić information content (AvgIpc) is 3.15. The molecule has 1 heterocycles. The quantitative estimate of drug-likeness (QED) is 0.339. The van der Waals surface area contributed by atoms with E-state index in [1.54, 1.807) is 67.2 Å². The normalized spacial score (nSPS) is 11.4. The molecule has 0 aliphatic rings. The Labute approximate surface area is 220 Å². The van der Waals surface area contributed by atoms with Crippen molar-refractivity contribution >= 4 is 38.1 Å². The smallest absolute Gasteiger partial charge is 0.296 e. The minimum Gasteiger partial charge on any atom is -0.324 e. The lowest BCUT2D eigenvalue weighted by atomic mass is 10.1. The fourth-order valence-electron chi connectivity index (χ4n) is 4.50. The Bertz CT molecular complexity index is 1790. The fraction of sp³-hybridized carbons (Fsp3) is 0.103. The van der Waals surface area contributed by atoms with Gasteiger partial charge in [-0.05, 0) is 42.6 Å². The second kappa shape index (κ2) is 10.0. The Balaban J connectivity index is 1.61. The number of rotatable bonds is 7.